The van der Waals surface area contributed by atoms with E-state index in [1.165, 1.54) is 0 Å². The fourth-order valence-electron chi connectivity index (χ4n) is 1.18. The van der Waals surface area contributed by atoms with Crippen LogP contribution >= 0.6 is 0 Å². The second-order valence-corrected chi connectivity index (χ2v) is 3.71. The lowest BCUT2D eigenvalue weighted by molar-refractivity contribution is -0.112. The standard InChI is InChI=1S/C13H13NO2/c1-9(2)13(16)11-6-3-10(4-7-11)5-8-12(14)15/h3-4,6-7,9H,1-2H3,(H2,14,15). The third kappa shape index (κ3) is 3.25. The van der Waals surface area contributed by atoms with Gasteiger partial charge in [-0.2, -0.15) is 0 Å². The summed E-state index contributed by atoms with van der Waals surface area (Å²) in [6, 6.07) is 6.80. The molecule has 0 bridgehead atoms. The molecule has 3 nitrogen and oxygen atoms in total. The van der Waals surface area contributed by atoms with Gasteiger partial charge in [0.05, 0.1) is 0 Å². The van der Waals surface area contributed by atoms with Crippen LogP contribution in [0.2, 0.25) is 0 Å². The first kappa shape index (κ1) is 12.0. The molecule has 0 saturated heterocycles. The van der Waals surface area contributed by atoms with E-state index in [0.29, 0.717) is 11.1 Å². The number of carbonyl (C=O) groups excluding carboxylic acids is 2. The molecule has 0 heterocycles. The second-order valence-electron chi connectivity index (χ2n) is 3.71. The Morgan fingerprint density at radius 1 is 1.19 bits per heavy atom. The Morgan fingerprint density at radius 3 is 2.19 bits per heavy atom. The predicted octanol–water partition coefficient (Wildman–Crippen LogP) is 1.36. The molecular formula is C13H13NO2. The molecule has 0 aliphatic rings. The molecule has 0 radical (unpaired) electrons. The van der Waals surface area contributed by atoms with Crippen LogP contribution in [-0.2, 0) is 4.79 Å². The van der Waals surface area contributed by atoms with Gasteiger partial charge in [-0.25, -0.2) is 0 Å². The van der Waals surface area contributed by atoms with Gasteiger partial charge in [-0.05, 0) is 18.1 Å². The minimum atomic E-state index is -0.665. The highest BCUT2D eigenvalue weighted by molar-refractivity contribution is 5.97. The molecule has 0 atom stereocenters. The summed E-state index contributed by atoms with van der Waals surface area (Å²) < 4.78 is 0. The summed E-state index contributed by atoms with van der Waals surface area (Å²) in [5.41, 5.74) is 6.21. The summed E-state index contributed by atoms with van der Waals surface area (Å²) in [6.07, 6.45) is 0. The molecule has 0 aliphatic heterocycles. The lowest BCUT2D eigenvalue weighted by Crippen LogP contribution is -2.07. The zero-order valence-corrected chi connectivity index (χ0v) is 9.28. The normalized spacial score (nSPS) is 9.44. The predicted molar refractivity (Wildman–Crippen MR) is 61.7 cm³/mol. The first-order chi connectivity index (χ1) is 7.50. The van der Waals surface area contributed by atoms with E-state index in [9.17, 15) is 9.59 Å². The minimum Gasteiger partial charge on any atom is -0.359 e. The maximum Gasteiger partial charge on any atom is 0.293 e. The number of rotatable bonds is 2. The zero-order valence-electron chi connectivity index (χ0n) is 9.28. The molecular weight excluding hydrogens is 202 g/mol. The molecule has 0 saturated carbocycles. The van der Waals surface area contributed by atoms with Crippen LogP contribution in [0.25, 0.3) is 0 Å². The number of carbonyl (C=O) groups is 2. The Hall–Kier alpha value is -2.08. The van der Waals surface area contributed by atoms with Gasteiger partial charge < -0.3 is 5.73 Å². The lowest BCUT2D eigenvalue weighted by Gasteiger charge is -2.03. The molecule has 0 fully saturated rings. The maximum absolute atomic E-state index is 11.6. The molecule has 3 heteroatoms. The van der Waals surface area contributed by atoms with E-state index in [-0.39, 0.29) is 11.7 Å². The average molecular weight is 215 g/mol. The van der Waals surface area contributed by atoms with Crippen molar-refractivity contribution >= 4 is 11.7 Å². The molecule has 0 aliphatic carbocycles. The molecule has 16 heavy (non-hydrogen) atoms. The second kappa shape index (κ2) is 5.13. The van der Waals surface area contributed by atoms with Gasteiger partial charge in [-0.1, -0.05) is 31.9 Å². The van der Waals surface area contributed by atoms with Gasteiger partial charge in [-0.15, -0.1) is 0 Å². The van der Waals surface area contributed by atoms with Gasteiger partial charge in [0, 0.05) is 17.0 Å². The maximum atomic E-state index is 11.6. The Balaban J connectivity index is 2.89. The van der Waals surface area contributed by atoms with E-state index >= 15 is 0 Å². The molecule has 1 aromatic carbocycles. The van der Waals surface area contributed by atoms with Gasteiger partial charge in [-0.3, -0.25) is 9.59 Å². The molecule has 1 rings (SSSR count). The van der Waals surface area contributed by atoms with Gasteiger partial charge in [0.25, 0.3) is 5.91 Å². The Bertz CT molecular complexity index is 461. The topological polar surface area (TPSA) is 60.2 Å². The number of hydrogen-bond acceptors (Lipinski definition) is 2. The van der Waals surface area contributed by atoms with E-state index in [4.69, 9.17) is 5.73 Å². The summed E-state index contributed by atoms with van der Waals surface area (Å²) in [5.74, 6) is 4.24. The highest BCUT2D eigenvalue weighted by Gasteiger charge is 2.09. The van der Waals surface area contributed by atoms with Crippen LogP contribution in [0.4, 0.5) is 0 Å². The fraction of sp³-hybridized carbons (Fsp3) is 0.231. The number of ketones is 1. The lowest BCUT2D eigenvalue weighted by atomic mass is 10.0. The van der Waals surface area contributed by atoms with Crippen LogP contribution in [0.15, 0.2) is 24.3 Å². The van der Waals surface area contributed by atoms with Crippen molar-refractivity contribution in [2.45, 2.75) is 13.8 Å². The first-order valence-corrected chi connectivity index (χ1v) is 4.96. The molecule has 2 N–H and O–H groups in total. The summed E-state index contributed by atoms with van der Waals surface area (Å²) in [7, 11) is 0. The van der Waals surface area contributed by atoms with Gasteiger partial charge in [0.1, 0.15) is 0 Å². The summed E-state index contributed by atoms with van der Waals surface area (Å²) in [5, 5.41) is 0. The van der Waals surface area contributed by atoms with Crippen LogP contribution in [0.5, 0.6) is 0 Å². The number of benzene rings is 1. The van der Waals surface area contributed by atoms with Crippen molar-refractivity contribution < 1.29 is 9.59 Å². The minimum absolute atomic E-state index is 0.0254. The van der Waals surface area contributed by atoms with Gasteiger partial charge in [0.2, 0.25) is 0 Å². The van der Waals surface area contributed by atoms with Crippen molar-refractivity contribution in [3.05, 3.63) is 35.4 Å². The number of primary amides is 1. The van der Waals surface area contributed by atoms with E-state index in [2.05, 4.69) is 11.8 Å². The van der Waals surface area contributed by atoms with Gasteiger partial charge in [0.15, 0.2) is 5.78 Å². The molecule has 0 spiro atoms. The first-order valence-electron chi connectivity index (χ1n) is 4.96. The Kier molecular flexibility index (Phi) is 3.84. The van der Waals surface area contributed by atoms with Crippen LogP contribution in [0.1, 0.15) is 29.8 Å². The van der Waals surface area contributed by atoms with Crippen LogP contribution in [0.3, 0.4) is 0 Å². The number of Topliss-reactive ketones (excluding diaryl/α,β-unsaturated/α-hetero) is 1. The van der Waals surface area contributed by atoms with Crippen molar-refractivity contribution in [1.29, 1.82) is 0 Å². The van der Waals surface area contributed by atoms with E-state index in [1.54, 1.807) is 24.3 Å². The summed E-state index contributed by atoms with van der Waals surface area (Å²) >= 11 is 0. The quantitative estimate of drug-likeness (QED) is 0.598. The molecule has 82 valence electrons. The number of nitrogens with two attached hydrogens (primary N) is 1. The monoisotopic (exact) mass is 215 g/mol. The van der Waals surface area contributed by atoms with E-state index in [0.717, 1.165) is 0 Å². The van der Waals surface area contributed by atoms with Crippen molar-refractivity contribution in [2.24, 2.45) is 11.7 Å². The van der Waals surface area contributed by atoms with Crippen molar-refractivity contribution in [2.75, 3.05) is 0 Å². The third-order valence-corrected chi connectivity index (χ3v) is 2.02. The summed E-state index contributed by atoms with van der Waals surface area (Å²) in [6.45, 7) is 3.70. The summed E-state index contributed by atoms with van der Waals surface area (Å²) in [4.78, 5) is 22.0. The highest BCUT2D eigenvalue weighted by atomic mass is 16.1. The zero-order chi connectivity index (χ0) is 12.1. The van der Waals surface area contributed by atoms with E-state index < -0.39 is 5.91 Å². The Morgan fingerprint density at radius 2 is 1.75 bits per heavy atom. The number of amides is 1. The molecule has 1 amide bonds. The van der Waals surface area contributed by atoms with Crippen LogP contribution < -0.4 is 5.73 Å². The third-order valence-electron chi connectivity index (χ3n) is 2.02. The molecule has 1 aromatic rings. The molecule has 0 aromatic heterocycles. The average Bonchev–Trinajstić information content (AvgIpc) is 2.26. The van der Waals surface area contributed by atoms with E-state index in [1.807, 2.05) is 13.8 Å². The van der Waals surface area contributed by atoms with Crippen molar-refractivity contribution in [1.82, 2.24) is 0 Å². The van der Waals surface area contributed by atoms with Crippen LogP contribution in [0, 0.1) is 17.8 Å². The SMILES string of the molecule is CC(C)C(=O)c1ccc(C#CC(N)=O)cc1. The Labute approximate surface area is 94.6 Å². The highest BCUT2D eigenvalue weighted by Crippen LogP contribution is 2.09. The smallest absolute Gasteiger partial charge is 0.293 e. The number of hydrogen-bond donors (Lipinski definition) is 1. The van der Waals surface area contributed by atoms with Crippen LogP contribution in [-0.4, -0.2) is 11.7 Å². The largest absolute Gasteiger partial charge is 0.359 e. The molecule has 0 unspecified atom stereocenters. The van der Waals surface area contributed by atoms with Gasteiger partial charge >= 0.3 is 0 Å². The fourth-order valence-corrected chi connectivity index (χ4v) is 1.18. The van der Waals surface area contributed by atoms with Crippen molar-refractivity contribution in [3.63, 3.8) is 0 Å². The van der Waals surface area contributed by atoms with Crippen molar-refractivity contribution in [3.8, 4) is 11.8 Å².